The van der Waals surface area contributed by atoms with Crippen LogP contribution < -0.4 is 9.47 Å². The summed E-state index contributed by atoms with van der Waals surface area (Å²) in [6.45, 7) is 4.63. The van der Waals surface area contributed by atoms with Crippen LogP contribution >= 0.6 is 0 Å². The van der Waals surface area contributed by atoms with Gasteiger partial charge in [0.15, 0.2) is 17.3 Å². The zero-order valence-corrected chi connectivity index (χ0v) is 27.3. The molecule has 44 heavy (non-hydrogen) atoms. The van der Waals surface area contributed by atoms with Crippen molar-refractivity contribution >= 4 is 11.8 Å². The third-order valence-corrected chi connectivity index (χ3v) is 9.47. The lowest BCUT2D eigenvalue weighted by Gasteiger charge is -2.34. The Kier molecular flexibility index (Phi) is 15.2. The Morgan fingerprint density at radius 1 is 0.818 bits per heavy atom. The van der Waals surface area contributed by atoms with Crippen LogP contribution in [-0.2, 0) is 10.2 Å². The average Bonchev–Trinajstić information content (AvgIpc) is 3.04. The van der Waals surface area contributed by atoms with E-state index in [1.165, 1.54) is 57.1 Å². The van der Waals surface area contributed by atoms with E-state index in [2.05, 4.69) is 11.8 Å². The number of carboxylic acids is 1. The Hall–Kier alpha value is -2.93. The topological polar surface area (TPSA) is 76.1 Å². The molecule has 1 aliphatic heterocycles. The zero-order valence-electron chi connectivity index (χ0n) is 27.3. The fourth-order valence-electron chi connectivity index (χ4n) is 6.67. The van der Waals surface area contributed by atoms with Gasteiger partial charge in [0, 0.05) is 11.5 Å². The summed E-state index contributed by atoms with van der Waals surface area (Å²) in [5, 5.41) is 10.7. The van der Waals surface area contributed by atoms with Gasteiger partial charge in [0.2, 0.25) is 0 Å². The van der Waals surface area contributed by atoms with Gasteiger partial charge in [-0.15, -0.1) is 0 Å². The molecule has 0 saturated carbocycles. The molecule has 0 bridgehead atoms. The maximum absolute atomic E-state index is 13.3. The quantitative estimate of drug-likeness (QED) is 0.112. The van der Waals surface area contributed by atoms with E-state index in [1.54, 1.807) is 26.4 Å². The van der Waals surface area contributed by atoms with E-state index in [4.69, 9.17) is 9.47 Å². The van der Waals surface area contributed by atoms with Crippen molar-refractivity contribution in [2.75, 3.05) is 33.9 Å². The van der Waals surface area contributed by atoms with Crippen LogP contribution in [0.2, 0.25) is 0 Å². The molecular weight excluding hydrogens is 557 g/mol. The maximum Gasteiger partial charge on any atom is 0.314 e. The Morgan fingerprint density at radius 2 is 1.39 bits per heavy atom. The highest BCUT2D eigenvalue weighted by atomic mass is 19.1. The number of ether oxygens (including phenoxy) is 2. The zero-order chi connectivity index (χ0) is 31.8. The van der Waals surface area contributed by atoms with Crippen LogP contribution in [0.4, 0.5) is 4.39 Å². The van der Waals surface area contributed by atoms with Crippen LogP contribution in [0.5, 0.6) is 11.5 Å². The van der Waals surface area contributed by atoms with Crippen molar-refractivity contribution in [2.24, 2.45) is 5.92 Å². The van der Waals surface area contributed by atoms with Crippen molar-refractivity contribution in [1.82, 2.24) is 4.90 Å². The molecule has 1 saturated heterocycles. The molecule has 3 rings (SSSR count). The molecule has 0 spiro atoms. The lowest BCUT2D eigenvalue weighted by molar-refractivity contribution is -0.144. The Balaban J connectivity index is 1.58. The highest BCUT2D eigenvalue weighted by Gasteiger charge is 2.40. The van der Waals surface area contributed by atoms with E-state index in [0.29, 0.717) is 29.9 Å². The molecule has 0 aliphatic carbocycles. The first kappa shape index (κ1) is 35.5. The molecule has 244 valence electrons. The van der Waals surface area contributed by atoms with Crippen LogP contribution in [-0.4, -0.2) is 55.6 Å². The molecule has 1 atom stereocenters. The summed E-state index contributed by atoms with van der Waals surface area (Å²) in [5.74, 6) is 0.0378. The number of aliphatic carboxylic acids is 1. The highest BCUT2D eigenvalue weighted by Crippen LogP contribution is 2.40. The smallest absolute Gasteiger partial charge is 0.314 e. The molecule has 1 fully saturated rings. The van der Waals surface area contributed by atoms with Crippen LogP contribution in [0.15, 0.2) is 42.5 Å². The average molecular weight is 612 g/mol. The van der Waals surface area contributed by atoms with Gasteiger partial charge in [-0.2, -0.15) is 0 Å². The van der Waals surface area contributed by atoms with Gasteiger partial charge in [0.1, 0.15) is 5.82 Å². The van der Waals surface area contributed by atoms with Crippen molar-refractivity contribution in [3.05, 3.63) is 59.4 Å². The maximum atomic E-state index is 13.3. The summed E-state index contributed by atoms with van der Waals surface area (Å²) in [5.41, 5.74) is 0.330. The predicted molar refractivity (Wildman–Crippen MR) is 174 cm³/mol. The largest absolute Gasteiger partial charge is 0.493 e. The minimum atomic E-state index is -1.00. The SMILES string of the molecule is CCCCCCCCCCCCC(CCCN1CCC(C(=O)c2ccc(F)cc2)CC1)(C(=O)O)c1ccc(OC)c(OC)c1. The van der Waals surface area contributed by atoms with Crippen molar-refractivity contribution in [1.29, 1.82) is 0 Å². The summed E-state index contributed by atoms with van der Waals surface area (Å²) in [4.78, 5) is 28.3. The molecule has 1 N–H and O–H groups in total. The molecule has 6 nitrogen and oxygen atoms in total. The van der Waals surface area contributed by atoms with Crippen molar-refractivity contribution in [2.45, 2.75) is 109 Å². The normalized spacial score (nSPS) is 15.5. The second-order valence-electron chi connectivity index (χ2n) is 12.5. The van der Waals surface area contributed by atoms with Crippen LogP contribution in [0.1, 0.15) is 119 Å². The summed E-state index contributed by atoms with van der Waals surface area (Å²) < 4.78 is 24.3. The van der Waals surface area contributed by atoms with Gasteiger partial charge in [-0.05, 0) is 93.7 Å². The first-order valence-electron chi connectivity index (χ1n) is 16.8. The van der Waals surface area contributed by atoms with Crippen molar-refractivity contribution < 1.29 is 28.6 Å². The Morgan fingerprint density at radius 3 is 1.95 bits per heavy atom. The van der Waals surface area contributed by atoms with Gasteiger partial charge in [0.05, 0.1) is 19.6 Å². The molecule has 1 unspecified atom stereocenters. The van der Waals surface area contributed by atoms with Crippen molar-refractivity contribution in [3.8, 4) is 11.5 Å². The molecule has 1 heterocycles. The van der Waals surface area contributed by atoms with Gasteiger partial charge in [-0.3, -0.25) is 9.59 Å². The molecule has 0 amide bonds. The number of ketones is 1. The number of carboxylic acid groups (broad SMARTS) is 1. The number of nitrogens with zero attached hydrogens (tertiary/aromatic N) is 1. The molecule has 0 aromatic heterocycles. The Bertz CT molecular complexity index is 1150. The van der Waals surface area contributed by atoms with E-state index in [1.807, 2.05) is 18.2 Å². The number of rotatable bonds is 21. The summed E-state index contributed by atoms with van der Waals surface area (Å²) in [6, 6.07) is 11.4. The van der Waals surface area contributed by atoms with Crippen molar-refractivity contribution in [3.63, 3.8) is 0 Å². The summed E-state index contributed by atoms with van der Waals surface area (Å²) in [7, 11) is 3.17. The second-order valence-corrected chi connectivity index (χ2v) is 12.5. The van der Waals surface area contributed by atoms with Crippen LogP contribution in [0.3, 0.4) is 0 Å². The lowest BCUT2D eigenvalue weighted by Crippen LogP contribution is -2.39. The predicted octanol–water partition coefficient (Wildman–Crippen LogP) is 8.85. The minimum absolute atomic E-state index is 0.0575. The Labute approximate surface area is 264 Å². The number of hydrogen-bond acceptors (Lipinski definition) is 5. The molecule has 1 aliphatic rings. The number of piperidine rings is 1. The minimum Gasteiger partial charge on any atom is -0.493 e. The number of carbonyl (C=O) groups excluding carboxylic acids is 1. The second kappa shape index (κ2) is 18.8. The van der Waals surface area contributed by atoms with Gasteiger partial charge >= 0.3 is 5.97 Å². The third-order valence-electron chi connectivity index (χ3n) is 9.47. The van der Waals surface area contributed by atoms with E-state index < -0.39 is 11.4 Å². The first-order chi connectivity index (χ1) is 21.3. The molecule has 2 aromatic carbocycles. The fourth-order valence-corrected chi connectivity index (χ4v) is 6.67. The van der Waals surface area contributed by atoms with E-state index in [-0.39, 0.29) is 17.5 Å². The van der Waals surface area contributed by atoms with Gasteiger partial charge in [-0.25, -0.2) is 4.39 Å². The lowest BCUT2D eigenvalue weighted by atomic mass is 9.72. The number of unbranched alkanes of at least 4 members (excludes halogenated alkanes) is 9. The number of hydrogen-bond donors (Lipinski definition) is 1. The monoisotopic (exact) mass is 611 g/mol. The number of Topliss-reactive ketones (excluding diaryl/α,β-unsaturated/α-hetero) is 1. The fraction of sp³-hybridized carbons (Fsp3) is 0.622. The molecule has 7 heteroatoms. The molecule has 2 aromatic rings. The van der Waals surface area contributed by atoms with Crippen LogP contribution in [0.25, 0.3) is 0 Å². The first-order valence-corrected chi connectivity index (χ1v) is 16.8. The van der Waals surface area contributed by atoms with E-state index in [9.17, 15) is 19.1 Å². The summed E-state index contributed by atoms with van der Waals surface area (Å²) in [6.07, 6.45) is 15.4. The number of methoxy groups -OCH3 is 2. The third kappa shape index (κ3) is 10.3. The highest BCUT2D eigenvalue weighted by molar-refractivity contribution is 5.97. The summed E-state index contributed by atoms with van der Waals surface area (Å²) >= 11 is 0. The van der Waals surface area contributed by atoms with E-state index >= 15 is 0 Å². The van der Waals surface area contributed by atoms with Gasteiger partial charge in [-0.1, -0.05) is 77.2 Å². The molecule has 0 radical (unpaired) electrons. The number of likely N-dealkylation sites (tertiary alicyclic amines) is 1. The van der Waals surface area contributed by atoms with Gasteiger partial charge < -0.3 is 19.5 Å². The van der Waals surface area contributed by atoms with E-state index in [0.717, 1.165) is 63.7 Å². The number of halogens is 1. The number of benzene rings is 2. The van der Waals surface area contributed by atoms with Gasteiger partial charge in [0.25, 0.3) is 0 Å². The van der Waals surface area contributed by atoms with Crippen LogP contribution in [0, 0.1) is 11.7 Å². The molecular formula is C37H54FNO5. The number of carbonyl (C=O) groups is 2. The standard InChI is InChI=1S/C37H54FNO5/c1-4-5-6-7-8-9-10-11-12-13-23-37(36(41)42,31-17-20-33(43-2)34(28-31)44-3)24-14-25-39-26-21-30(22-27-39)35(40)29-15-18-32(38)19-16-29/h15-20,28,30H,4-14,21-27H2,1-3H3,(H,41,42).